The smallest absolute Gasteiger partial charge is 0.406 e. The summed E-state index contributed by atoms with van der Waals surface area (Å²) >= 11 is 0. The van der Waals surface area contributed by atoms with E-state index in [0.717, 1.165) is 24.8 Å². The first-order chi connectivity index (χ1) is 13.3. The van der Waals surface area contributed by atoms with Crippen LogP contribution in [0.15, 0.2) is 42.6 Å². The third-order valence-corrected chi connectivity index (χ3v) is 5.04. The van der Waals surface area contributed by atoms with Crippen LogP contribution in [0.5, 0.6) is 5.75 Å². The number of nitrogens with one attached hydrogen (secondary N) is 1. The van der Waals surface area contributed by atoms with E-state index in [1.807, 2.05) is 0 Å². The largest absolute Gasteiger partial charge is 0.573 e. The highest BCUT2D eigenvalue weighted by molar-refractivity contribution is 5.95. The van der Waals surface area contributed by atoms with Crippen molar-refractivity contribution in [1.82, 2.24) is 25.4 Å². The van der Waals surface area contributed by atoms with Gasteiger partial charge in [-0.05, 0) is 53.1 Å². The van der Waals surface area contributed by atoms with Crippen molar-refractivity contribution in [2.24, 2.45) is 0 Å². The van der Waals surface area contributed by atoms with Crippen LogP contribution in [-0.2, 0) is 5.41 Å². The Morgan fingerprint density at radius 2 is 2.07 bits per heavy atom. The molecule has 1 N–H and O–H groups in total. The number of hydrogen-bond acceptors (Lipinski definition) is 5. The fraction of sp³-hybridized carbons (Fsp3) is 0.333. The lowest BCUT2D eigenvalue weighted by Gasteiger charge is -2.42. The van der Waals surface area contributed by atoms with Gasteiger partial charge in [0, 0.05) is 23.7 Å². The summed E-state index contributed by atoms with van der Waals surface area (Å²) in [5, 5.41) is 13.9. The van der Waals surface area contributed by atoms with Crippen molar-refractivity contribution in [2.45, 2.75) is 31.0 Å². The number of benzene rings is 1. The Labute approximate surface area is 157 Å². The van der Waals surface area contributed by atoms with Crippen LogP contribution in [0.1, 0.15) is 35.2 Å². The Kier molecular flexibility index (Phi) is 4.40. The number of aromatic nitrogens is 4. The Bertz CT molecular complexity index is 1010. The average Bonchev–Trinajstić information content (AvgIpc) is 3.07. The molecule has 10 heteroatoms. The highest BCUT2D eigenvalue weighted by Gasteiger charge is 2.40. The first-order valence-electron chi connectivity index (χ1n) is 8.67. The number of carbonyl (C=O) groups excluding carboxylic acids is 1. The molecule has 0 aliphatic heterocycles. The molecule has 3 aromatic rings. The standard InChI is InChI=1S/C18H16F3N5O2/c19-18(20,21)28-14-4-1-3-13(10-14)17(6-2-7-17)11-22-16(27)12-5-8-26-15(9-12)23-24-25-26/h1,3-5,8-10H,2,6-7,11H2,(H,22,27). The number of alkyl halides is 3. The number of rotatable bonds is 5. The molecule has 2 aromatic heterocycles. The van der Waals surface area contributed by atoms with E-state index in [9.17, 15) is 18.0 Å². The van der Waals surface area contributed by atoms with Crippen molar-refractivity contribution in [3.8, 4) is 5.75 Å². The second-order valence-electron chi connectivity index (χ2n) is 6.79. The summed E-state index contributed by atoms with van der Waals surface area (Å²) in [5.74, 6) is -0.549. The lowest BCUT2D eigenvalue weighted by molar-refractivity contribution is -0.274. The molecule has 1 aromatic carbocycles. The molecule has 0 bridgehead atoms. The number of carbonyl (C=O) groups is 1. The minimum absolute atomic E-state index is 0.257. The zero-order valence-corrected chi connectivity index (χ0v) is 14.6. The maximum absolute atomic E-state index is 12.5. The zero-order valence-electron chi connectivity index (χ0n) is 14.6. The summed E-state index contributed by atoms with van der Waals surface area (Å²) < 4.78 is 43.0. The fourth-order valence-corrected chi connectivity index (χ4v) is 3.43. The molecule has 0 radical (unpaired) electrons. The zero-order chi connectivity index (χ0) is 19.8. The highest BCUT2D eigenvalue weighted by atomic mass is 19.4. The molecule has 0 saturated heterocycles. The van der Waals surface area contributed by atoms with Gasteiger partial charge in [0.25, 0.3) is 5.91 Å². The minimum Gasteiger partial charge on any atom is -0.406 e. The molecule has 0 unspecified atom stereocenters. The summed E-state index contributed by atoms with van der Waals surface area (Å²) in [6.07, 6.45) is -0.667. The lowest BCUT2D eigenvalue weighted by Crippen LogP contribution is -2.45. The highest BCUT2D eigenvalue weighted by Crippen LogP contribution is 2.44. The quantitative estimate of drug-likeness (QED) is 0.723. The molecule has 0 spiro atoms. The van der Waals surface area contributed by atoms with Gasteiger partial charge in [0.15, 0.2) is 5.65 Å². The van der Waals surface area contributed by atoms with E-state index >= 15 is 0 Å². The maximum Gasteiger partial charge on any atom is 0.573 e. The topological polar surface area (TPSA) is 81.4 Å². The van der Waals surface area contributed by atoms with Crippen LogP contribution in [-0.4, -0.2) is 38.9 Å². The van der Waals surface area contributed by atoms with Crippen LogP contribution in [0.2, 0.25) is 0 Å². The van der Waals surface area contributed by atoms with E-state index in [2.05, 4.69) is 25.6 Å². The molecule has 1 aliphatic carbocycles. The Balaban J connectivity index is 1.49. The van der Waals surface area contributed by atoms with Gasteiger partial charge < -0.3 is 10.1 Å². The van der Waals surface area contributed by atoms with Gasteiger partial charge in [0.05, 0.1) is 0 Å². The first-order valence-corrected chi connectivity index (χ1v) is 8.67. The van der Waals surface area contributed by atoms with Crippen LogP contribution in [0, 0.1) is 0 Å². The normalized spacial score (nSPS) is 15.8. The molecule has 1 aliphatic rings. The SMILES string of the molecule is O=C(NCC1(c2cccc(OC(F)(F)F)c2)CCC1)c1ccn2nnnc2c1. The van der Waals surface area contributed by atoms with Gasteiger partial charge in [-0.2, -0.15) is 0 Å². The van der Waals surface area contributed by atoms with Gasteiger partial charge in [-0.15, -0.1) is 18.3 Å². The van der Waals surface area contributed by atoms with Crippen LogP contribution in [0.4, 0.5) is 13.2 Å². The fourth-order valence-electron chi connectivity index (χ4n) is 3.43. The van der Waals surface area contributed by atoms with Crippen LogP contribution in [0.3, 0.4) is 0 Å². The second-order valence-corrected chi connectivity index (χ2v) is 6.79. The number of ether oxygens (including phenoxy) is 1. The summed E-state index contributed by atoms with van der Waals surface area (Å²) in [4.78, 5) is 12.5. The molecule has 28 heavy (non-hydrogen) atoms. The van der Waals surface area contributed by atoms with E-state index in [1.165, 1.54) is 22.7 Å². The van der Waals surface area contributed by atoms with E-state index in [-0.39, 0.29) is 11.7 Å². The predicted molar refractivity (Wildman–Crippen MR) is 91.8 cm³/mol. The lowest BCUT2D eigenvalue weighted by atomic mass is 9.64. The maximum atomic E-state index is 12.5. The van der Waals surface area contributed by atoms with Gasteiger partial charge in [-0.25, -0.2) is 4.52 Å². The van der Waals surface area contributed by atoms with Gasteiger partial charge in [0.2, 0.25) is 0 Å². The number of fused-ring (bicyclic) bond motifs is 1. The minimum atomic E-state index is -4.74. The van der Waals surface area contributed by atoms with Gasteiger partial charge in [-0.3, -0.25) is 4.79 Å². The predicted octanol–water partition coefficient (Wildman–Crippen LogP) is 2.87. The van der Waals surface area contributed by atoms with Crippen LogP contribution < -0.4 is 10.1 Å². The third kappa shape index (κ3) is 3.62. The molecule has 2 heterocycles. The number of halogens is 3. The monoisotopic (exact) mass is 391 g/mol. The molecular weight excluding hydrogens is 375 g/mol. The Morgan fingerprint density at radius 1 is 1.25 bits per heavy atom. The third-order valence-electron chi connectivity index (χ3n) is 5.04. The number of nitrogens with zero attached hydrogens (tertiary/aromatic N) is 4. The van der Waals surface area contributed by atoms with Crippen LogP contribution >= 0.6 is 0 Å². The number of pyridine rings is 1. The summed E-state index contributed by atoms with van der Waals surface area (Å²) in [7, 11) is 0. The van der Waals surface area contributed by atoms with E-state index in [1.54, 1.807) is 24.4 Å². The van der Waals surface area contributed by atoms with E-state index < -0.39 is 11.8 Å². The first kappa shape index (κ1) is 18.2. The van der Waals surface area contributed by atoms with Gasteiger partial charge >= 0.3 is 6.36 Å². The molecule has 146 valence electrons. The molecule has 1 saturated carbocycles. The van der Waals surface area contributed by atoms with E-state index in [0.29, 0.717) is 17.8 Å². The van der Waals surface area contributed by atoms with Crippen molar-refractivity contribution in [3.05, 3.63) is 53.7 Å². The number of amides is 1. The Hall–Kier alpha value is -3.17. The average molecular weight is 391 g/mol. The summed E-state index contributed by atoms with van der Waals surface area (Å²) in [6.45, 7) is 0.317. The molecule has 1 fully saturated rings. The second kappa shape index (κ2) is 6.77. The van der Waals surface area contributed by atoms with Crippen molar-refractivity contribution in [3.63, 3.8) is 0 Å². The number of hydrogen-bond donors (Lipinski definition) is 1. The molecule has 1 amide bonds. The van der Waals surface area contributed by atoms with Gasteiger partial charge in [0.1, 0.15) is 5.75 Å². The van der Waals surface area contributed by atoms with Crippen molar-refractivity contribution >= 4 is 11.6 Å². The molecular formula is C18H16F3N5O2. The molecule has 7 nitrogen and oxygen atoms in total. The van der Waals surface area contributed by atoms with Crippen molar-refractivity contribution < 1.29 is 22.7 Å². The van der Waals surface area contributed by atoms with Crippen LogP contribution in [0.25, 0.3) is 5.65 Å². The van der Waals surface area contributed by atoms with Gasteiger partial charge in [-0.1, -0.05) is 18.6 Å². The summed E-state index contributed by atoms with van der Waals surface area (Å²) in [6, 6.07) is 9.13. The summed E-state index contributed by atoms with van der Waals surface area (Å²) in [5.41, 5.74) is 1.17. The van der Waals surface area contributed by atoms with E-state index in [4.69, 9.17) is 0 Å². The van der Waals surface area contributed by atoms with Crippen molar-refractivity contribution in [2.75, 3.05) is 6.54 Å². The molecule has 4 rings (SSSR count). The number of tetrazole rings is 1. The van der Waals surface area contributed by atoms with Crippen molar-refractivity contribution in [1.29, 1.82) is 0 Å². The Morgan fingerprint density at radius 3 is 2.79 bits per heavy atom. The molecule has 0 atom stereocenters.